The summed E-state index contributed by atoms with van der Waals surface area (Å²) in [5.41, 5.74) is 8.43. The third kappa shape index (κ3) is 2.92. The van der Waals surface area contributed by atoms with E-state index >= 15 is 0 Å². The molecule has 0 amide bonds. The van der Waals surface area contributed by atoms with Gasteiger partial charge in [-0.3, -0.25) is 0 Å². The third-order valence-corrected chi connectivity index (χ3v) is 2.91. The summed E-state index contributed by atoms with van der Waals surface area (Å²) >= 11 is 6.06. The third-order valence-electron chi connectivity index (χ3n) is 2.54. The van der Waals surface area contributed by atoms with E-state index in [9.17, 15) is 0 Å². The Balaban J connectivity index is 2.10. The zero-order valence-electron chi connectivity index (χ0n) is 9.61. The summed E-state index contributed by atoms with van der Waals surface area (Å²) in [5.74, 6) is 0.833. The second-order valence-corrected chi connectivity index (χ2v) is 4.31. The fourth-order valence-corrected chi connectivity index (χ4v) is 1.80. The van der Waals surface area contributed by atoms with Crippen molar-refractivity contribution < 1.29 is 4.74 Å². The molecule has 0 aromatic heterocycles. The van der Waals surface area contributed by atoms with E-state index < -0.39 is 0 Å². The Kier molecular flexibility index (Phi) is 3.55. The van der Waals surface area contributed by atoms with Crippen LogP contribution in [0.25, 0.3) is 0 Å². The van der Waals surface area contributed by atoms with Gasteiger partial charge in [-0.05, 0) is 36.8 Å². The molecule has 2 N–H and O–H groups in total. The number of rotatable bonds is 3. The van der Waals surface area contributed by atoms with Crippen LogP contribution in [0, 0.1) is 6.92 Å². The van der Waals surface area contributed by atoms with Crippen LogP contribution in [-0.2, 0) is 6.61 Å². The minimum atomic E-state index is 0.463. The molecular weight excluding hydrogens is 234 g/mol. The Hall–Kier alpha value is -1.67. The van der Waals surface area contributed by atoms with Crippen LogP contribution in [0.1, 0.15) is 11.1 Å². The molecule has 0 heterocycles. The number of aryl methyl sites for hydroxylation is 1. The molecule has 0 saturated heterocycles. The van der Waals surface area contributed by atoms with Gasteiger partial charge in [-0.25, -0.2) is 0 Å². The topological polar surface area (TPSA) is 35.2 Å². The van der Waals surface area contributed by atoms with E-state index in [1.54, 1.807) is 0 Å². The lowest BCUT2D eigenvalue weighted by Gasteiger charge is -2.10. The van der Waals surface area contributed by atoms with Crippen molar-refractivity contribution in [1.82, 2.24) is 0 Å². The number of halogens is 1. The monoisotopic (exact) mass is 247 g/mol. The van der Waals surface area contributed by atoms with Gasteiger partial charge in [0.15, 0.2) is 0 Å². The molecule has 0 unspecified atom stereocenters. The molecule has 3 heteroatoms. The Labute approximate surface area is 106 Å². The Morgan fingerprint density at radius 3 is 2.65 bits per heavy atom. The van der Waals surface area contributed by atoms with Crippen molar-refractivity contribution in [3.63, 3.8) is 0 Å². The Bertz CT molecular complexity index is 525. The van der Waals surface area contributed by atoms with Gasteiger partial charge in [-0.2, -0.15) is 0 Å². The summed E-state index contributed by atoms with van der Waals surface area (Å²) in [6, 6.07) is 13.3. The van der Waals surface area contributed by atoms with E-state index in [0.29, 0.717) is 6.61 Å². The van der Waals surface area contributed by atoms with Crippen LogP contribution in [-0.4, -0.2) is 0 Å². The highest BCUT2D eigenvalue weighted by atomic mass is 35.5. The van der Waals surface area contributed by atoms with Crippen LogP contribution in [0.15, 0.2) is 42.5 Å². The number of hydrogen-bond donors (Lipinski definition) is 1. The van der Waals surface area contributed by atoms with Gasteiger partial charge in [-0.1, -0.05) is 29.8 Å². The number of benzene rings is 2. The molecule has 2 rings (SSSR count). The molecule has 2 aromatic carbocycles. The van der Waals surface area contributed by atoms with Crippen molar-refractivity contribution >= 4 is 17.3 Å². The standard InChI is InChI=1S/C14H14ClNO/c1-10-8-12(16)6-7-14(10)17-9-11-4-2-3-5-13(11)15/h2-8H,9,16H2,1H3. The van der Waals surface area contributed by atoms with E-state index in [-0.39, 0.29) is 0 Å². The molecule has 2 aromatic rings. The van der Waals surface area contributed by atoms with E-state index in [1.807, 2.05) is 49.4 Å². The number of nitrogen functional groups attached to an aromatic ring is 1. The van der Waals surface area contributed by atoms with Crippen molar-refractivity contribution in [2.45, 2.75) is 13.5 Å². The normalized spacial score (nSPS) is 10.2. The van der Waals surface area contributed by atoms with Crippen molar-refractivity contribution in [3.8, 4) is 5.75 Å². The number of ether oxygens (including phenoxy) is 1. The molecule has 0 aliphatic heterocycles. The van der Waals surface area contributed by atoms with Gasteiger partial charge in [0.05, 0.1) is 0 Å². The molecule has 17 heavy (non-hydrogen) atoms. The van der Waals surface area contributed by atoms with Gasteiger partial charge < -0.3 is 10.5 Å². The first-order valence-corrected chi connectivity index (χ1v) is 5.77. The van der Waals surface area contributed by atoms with E-state index in [1.165, 1.54) is 0 Å². The van der Waals surface area contributed by atoms with E-state index in [4.69, 9.17) is 22.1 Å². The lowest BCUT2D eigenvalue weighted by atomic mass is 10.2. The van der Waals surface area contributed by atoms with Gasteiger partial charge in [0.2, 0.25) is 0 Å². The van der Waals surface area contributed by atoms with Crippen LogP contribution >= 0.6 is 11.6 Å². The highest BCUT2D eigenvalue weighted by molar-refractivity contribution is 6.31. The number of nitrogens with two attached hydrogens (primary N) is 1. The van der Waals surface area contributed by atoms with Crippen molar-refractivity contribution in [2.24, 2.45) is 0 Å². The SMILES string of the molecule is Cc1cc(N)ccc1OCc1ccccc1Cl. The molecule has 0 aliphatic rings. The largest absolute Gasteiger partial charge is 0.489 e. The molecule has 0 fully saturated rings. The van der Waals surface area contributed by atoms with Gasteiger partial charge in [0.1, 0.15) is 12.4 Å². The Morgan fingerprint density at radius 1 is 1.18 bits per heavy atom. The summed E-state index contributed by atoms with van der Waals surface area (Å²) < 4.78 is 5.72. The van der Waals surface area contributed by atoms with Gasteiger partial charge in [-0.15, -0.1) is 0 Å². The quantitative estimate of drug-likeness (QED) is 0.837. The zero-order valence-corrected chi connectivity index (χ0v) is 10.4. The average molecular weight is 248 g/mol. The Morgan fingerprint density at radius 2 is 1.94 bits per heavy atom. The van der Waals surface area contributed by atoms with Crippen LogP contribution in [0.4, 0.5) is 5.69 Å². The summed E-state index contributed by atoms with van der Waals surface area (Å²) in [7, 11) is 0. The minimum absolute atomic E-state index is 0.463. The van der Waals surface area contributed by atoms with Gasteiger partial charge in [0.25, 0.3) is 0 Å². The highest BCUT2D eigenvalue weighted by Crippen LogP contribution is 2.23. The van der Waals surface area contributed by atoms with Crippen LogP contribution in [0.3, 0.4) is 0 Å². The molecule has 0 bridgehead atoms. The lowest BCUT2D eigenvalue weighted by molar-refractivity contribution is 0.304. The molecule has 2 nitrogen and oxygen atoms in total. The maximum Gasteiger partial charge on any atom is 0.122 e. The molecular formula is C14H14ClNO. The highest BCUT2D eigenvalue weighted by Gasteiger charge is 2.03. The fraction of sp³-hybridized carbons (Fsp3) is 0.143. The summed E-state index contributed by atoms with van der Waals surface area (Å²) in [4.78, 5) is 0. The minimum Gasteiger partial charge on any atom is -0.489 e. The second kappa shape index (κ2) is 5.11. The maximum absolute atomic E-state index is 6.06. The smallest absolute Gasteiger partial charge is 0.122 e. The van der Waals surface area contributed by atoms with Crippen LogP contribution in [0.5, 0.6) is 5.75 Å². The van der Waals surface area contributed by atoms with Crippen LogP contribution in [0.2, 0.25) is 5.02 Å². The maximum atomic E-state index is 6.06. The first kappa shape index (κ1) is 11.8. The van der Waals surface area contributed by atoms with Gasteiger partial charge >= 0.3 is 0 Å². The molecule has 88 valence electrons. The molecule has 0 aliphatic carbocycles. The van der Waals surface area contributed by atoms with E-state index in [0.717, 1.165) is 27.6 Å². The zero-order chi connectivity index (χ0) is 12.3. The molecule has 0 radical (unpaired) electrons. The number of hydrogen-bond acceptors (Lipinski definition) is 2. The first-order chi connectivity index (χ1) is 8.16. The lowest BCUT2D eigenvalue weighted by Crippen LogP contribution is -1.98. The summed E-state index contributed by atoms with van der Waals surface area (Å²) in [5, 5.41) is 0.723. The first-order valence-electron chi connectivity index (χ1n) is 5.39. The predicted octanol–water partition coefficient (Wildman–Crippen LogP) is 3.81. The van der Waals surface area contributed by atoms with Crippen molar-refractivity contribution in [2.75, 3.05) is 5.73 Å². The van der Waals surface area contributed by atoms with E-state index in [2.05, 4.69) is 0 Å². The summed E-state index contributed by atoms with van der Waals surface area (Å²) in [6.07, 6.45) is 0. The van der Waals surface area contributed by atoms with Crippen molar-refractivity contribution in [1.29, 1.82) is 0 Å². The van der Waals surface area contributed by atoms with Crippen molar-refractivity contribution in [3.05, 3.63) is 58.6 Å². The molecule has 0 spiro atoms. The molecule has 0 atom stereocenters. The van der Waals surface area contributed by atoms with Crippen LogP contribution < -0.4 is 10.5 Å². The predicted molar refractivity (Wildman–Crippen MR) is 71.4 cm³/mol. The number of anilines is 1. The fourth-order valence-electron chi connectivity index (χ4n) is 1.61. The molecule has 0 saturated carbocycles. The second-order valence-electron chi connectivity index (χ2n) is 3.91. The van der Waals surface area contributed by atoms with Gasteiger partial charge in [0, 0.05) is 16.3 Å². The summed E-state index contributed by atoms with van der Waals surface area (Å²) in [6.45, 7) is 2.43. The average Bonchev–Trinajstić information content (AvgIpc) is 2.30.